The van der Waals surface area contributed by atoms with Gasteiger partial charge in [0.15, 0.2) is 5.82 Å². The summed E-state index contributed by atoms with van der Waals surface area (Å²) in [5.41, 5.74) is 2.46. The summed E-state index contributed by atoms with van der Waals surface area (Å²) >= 11 is 0. The first-order chi connectivity index (χ1) is 11.5. The second-order valence-corrected chi connectivity index (χ2v) is 6.09. The molecule has 1 unspecified atom stereocenters. The van der Waals surface area contributed by atoms with Crippen LogP contribution in [0.15, 0.2) is 30.6 Å². The van der Waals surface area contributed by atoms with Crippen LogP contribution in [-0.4, -0.2) is 41.4 Å². The zero-order chi connectivity index (χ0) is 17.5. The minimum atomic E-state index is -0.187. The summed E-state index contributed by atoms with van der Waals surface area (Å²) in [6, 6.07) is 8.11. The largest absolute Gasteiger partial charge is 0.378 e. The van der Waals surface area contributed by atoms with Crippen molar-refractivity contribution in [2.75, 3.05) is 25.5 Å². The van der Waals surface area contributed by atoms with Gasteiger partial charge >= 0.3 is 6.03 Å². The second kappa shape index (κ2) is 8.33. The van der Waals surface area contributed by atoms with Gasteiger partial charge < -0.3 is 20.1 Å². The van der Waals surface area contributed by atoms with Gasteiger partial charge in [-0.3, -0.25) is 0 Å². The first-order valence-electron chi connectivity index (χ1n) is 8.12. The number of carbonyl (C=O) groups excluding carboxylic acids is 1. The molecule has 0 aliphatic heterocycles. The van der Waals surface area contributed by atoms with E-state index in [2.05, 4.69) is 50.0 Å². The number of urea groups is 1. The average molecular weight is 330 g/mol. The van der Waals surface area contributed by atoms with Crippen LogP contribution < -0.4 is 15.5 Å². The fourth-order valence-corrected chi connectivity index (χ4v) is 2.45. The second-order valence-electron chi connectivity index (χ2n) is 6.09. The lowest BCUT2D eigenvalue weighted by Gasteiger charge is -2.14. The molecular formula is C17H26N6O. The van der Waals surface area contributed by atoms with Gasteiger partial charge in [-0.15, -0.1) is 10.2 Å². The topological polar surface area (TPSA) is 75.1 Å². The fourth-order valence-electron chi connectivity index (χ4n) is 2.45. The summed E-state index contributed by atoms with van der Waals surface area (Å²) in [4.78, 5) is 14.0. The normalized spacial score (nSPS) is 11.8. The summed E-state index contributed by atoms with van der Waals surface area (Å²) in [6.07, 6.45) is 3.45. The van der Waals surface area contributed by atoms with Crippen molar-refractivity contribution >= 4 is 11.7 Å². The molecule has 2 N–H and O–H groups in total. The third-order valence-corrected chi connectivity index (χ3v) is 3.86. The predicted octanol–water partition coefficient (Wildman–Crippen LogP) is 1.87. The zero-order valence-electron chi connectivity index (χ0n) is 14.8. The van der Waals surface area contributed by atoms with Crippen molar-refractivity contribution in [2.24, 2.45) is 7.05 Å². The Morgan fingerprint density at radius 1 is 1.29 bits per heavy atom. The van der Waals surface area contributed by atoms with Crippen LogP contribution in [-0.2, 0) is 13.5 Å². The Kier molecular flexibility index (Phi) is 6.17. The number of hydrogen-bond donors (Lipinski definition) is 2. The molecule has 2 amide bonds. The van der Waals surface area contributed by atoms with E-state index in [4.69, 9.17) is 0 Å². The molecule has 130 valence electrons. The van der Waals surface area contributed by atoms with E-state index in [0.29, 0.717) is 6.54 Å². The number of anilines is 1. The molecule has 1 aromatic heterocycles. The van der Waals surface area contributed by atoms with Gasteiger partial charge in [0, 0.05) is 33.4 Å². The van der Waals surface area contributed by atoms with Crippen LogP contribution in [0.2, 0.25) is 0 Å². The lowest BCUT2D eigenvalue weighted by atomic mass is 10.1. The van der Waals surface area contributed by atoms with Crippen LogP contribution in [0.5, 0.6) is 0 Å². The van der Waals surface area contributed by atoms with E-state index in [1.807, 2.05) is 28.1 Å². The van der Waals surface area contributed by atoms with E-state index in [1.54, 1.807) is 10.9 Å². The number of hydrogen-bond acceptors (Lipinski definition) is 4. The molecule has 1 aromatic carbocycles. The van der Waals surface area contributed by atoms with Crippen LogP contribution in [0.3, 0.4) is 0 Å². The van der Waals surface area contributed by atoms with Crippen LogP contribution in [0, 0.1) is 0 Å². The Bertz CT molecular complexity index is 649. The van der Waals surface area contributed by atoms with Gasteiger partial charge in [-0.25, -0.2) is 4.79 Å². The quantitative estimate of drug-likeness (QED) is 0.760. The molecular weight excluding hydrogens is 304 g/mol. The third-order valence-electron chi connectivity index (χ3n) is 3.86. The molecule has 1 atom stereocenters. The van der Waals surface area contributed by atoms with Crippen molar-refractivity contribution in [2.45, 2.75) is 25.8 Å². The molecule has 0 aliphatic rings. The Hall–Kier alpha value is -2.57. The van der Waals surface area contributed by atoms with Crippen LogP contribution in [0.4, 0.5) is 10.5 Å². The molecule has 2 rings (SSSR count). The summed E-state index contributed by atoms with van der Waals surface area (Å²) in [5.74, 6) is 0.728. The molecule has 7 nitrogen and oxygen atoms in total. The number of amides is 2. The van der Waals surface area contributed by atoms with E-state index in [1.165, 1.54) is 11.3 Å². The average Bonchev–Trinajstić information content (AvgIpc) is 2.98. The number of rotatable bonds is 7. The SMILES string of the molecule is CC(NC(=O)NCCCc1ccc(N(C)C)cc1)c1nncn1C. The molecule has 2 aromatic rings. The van der Waals surface area contributed by atoms with Crippen molar-refractivity contribution in [3.63, 3.8) is 0 Å². The lowest BCUT2D eigenvalue weighted by molar-refractivity contribution is 0.237. The maximum absolute atomic E-state index is 11.9. The Balaban J connectivity index is 1.68. The van der Waals surface area contributed by atoms with E-state index in [-0.39, 0.29) is 12.1 Å². The van der Waals surface area contributed by atoms with Gasteiger partial charge in [0.2, 0.25) is 0 Å². The van der Waals surface area contributed by atoms with E-state index < -0.39 is 0 Å². The highest BCUT2D eigenvalue weighted by molar-refractivity contribution is 5.74. The molecule has 0 radical (unpaired) electrons. The highest BCUT2D eigenvalue weighted by Gasteiger charge is 2.13. The van der Waals surface area contributed by atoms with Crippen molar-refractivity contribution in [3.05, 3.63) is 42.0 Å². The van der Waals surface area contributed by atoms with Gasteiger partial charge in [-0.05, 0) is 37.5 Å². The smallest absolute Gasteiger partial charge is 0.315 e. The first-order valence-corrected chi connectivity index (χ1v) is 8.12. The summed E-state index contributed by atoms with van der Waals surface area (Å²) < 4.78 is 1.79. The maximum Gasteiger partial charge on any atom is 0.315 e. The number of aryl methyl sites for hydroxylation is 2. The molecule has 1 heterocycles. The van der Waals surface area contributed by atoms with Crippen LogP contribution in [0.1, 0.15) is 30.8 Å². The molecule has 7 heteroatoms. The minimum Gasteiger partial charge on any atom is -0.378 e. The third kappa shape index (κ3) is 4.97. The number of carbonyl (C=O) groups is 1. The van der Waals surface area contributed by atoms with Crippen molar-refractivity contribution in [1.29, 1.82) is 0 Å². The molecule has 0 saturated carbocycles. The molecule has 0 aliphatic carbocycles. The Labute approximate surface area is 143 Å². The van der Waals surface area contributed by atoms with E-state index >= 15 is 0 Å². The highest BCUT2D eigenvalue weighted by Crippen LogP contribution is 2.13. The number of benzene rings is 1. The molecule has 0 saturated heterocycles. The summed E-state index contributed by atoms with van der Waals surface area (Å²) in [7, 11) is 5.91. The molecule has 24 heavy (non-hydrogen) atoms. The van der Waals surface area contributed by atoms with Crippen molar-refractivity contribution in [1.82, 2.24) is 25.4 Å². The zero-order valence-corrected chi connectivity index (χ0v) is 14.8. The predicted molar refractivity (Wildman–Crippen MR) is 95.0 cm³/mol. The monoisotopic (exact) mass is 330 g/mol. The molecule has 0 fully saturated rings. The van der Waals surface area contributed by atoms with Gasteiger partial charge in [0.25, 0.3) is 0 Å². The fraction of sp³-hybridized carbons (Fsp3) is 0.471. The number of nitrogens with zero attached hydrogens (tertiary/aromatic N) is 4. The maximum atomic E-state index is 11.9. The van der Waals surface area contributed by atoms with E-state index in [0.717, 1.165) is 18.7 Å². The number of aromatic nitrogens is 3. The highest BCUT2D eigenvalue weighted by atomic mass is 16.2. The van der Waals surface area contributed by atoms with Crippen molar-refractivity contribution < 1.29 is 4.79 Å². The first kappa shape index (κ1) is 17.8. The molecule has 0 bridgehead atoms. The van der Waals surface area contributed by atoms with Gasteiger partial charge in [0.1, 0.15) is 6.33 Å². The van der Waals surface area contributed by atoms with Crippen molar-refractivity contribution in [3.8, 4) is 0 Å². The van der Waals surface area contributed by atoms with Crippen LogP contribution in [0.25, 0.3) is 0 Å². The van der Waals surface area contributed by atoms with Gasteiger partial charge in [-0.1, -0.05) is 12.1 Å². The standard InChI is InChI=1S/C17H26N6O/c1-13(16-21-19-12-23(16)4)20-17(24)18-11-5-6-14-7-9-15(10-8-14)22(2)3/h7-10,12-13H,5-6,11H2,1-4H3,(H2,18,20,24). The van der Waals surface area contributed by atoms with E-state index in [9.17, 15) is 4.79 Å². The summed E-state index contributed by atoms with van der Waals surface area (Å²) in [5, 5.41) is 13.5. The minimum absolute atomic E-state index is 0.184. The van der Waals surface area contributed by atoms with Gasteiger partial charge in [0.05, 0.1) is 6.04 Å². The summed E-state index contributed by atoms with van der Waals surface area (Å²) in [6.45, 7) is 2.52. The lowest BCUT2D eigenvalue weighted by Crippen LogP contribution is -2.38. The van der Waals surface area contributed by atoms with Gasteiger partial charge in [-0.2, -0.15) is 0 Å². The number of nitrogens with one attached hydrogen (secondary N) is 2. The Morgan fingerprint density at radius 2 is 2.00 bits per heavy atom. The Morgan fingerprint density at radius 3 is 2.58 bits per heavy atom. The molecule has 0 spiro atoms. The van der Waals surface area contributed by atoms with Crippen LogP contribution >= 0.6 is 0 Å².